The highest BCUT2D eigenvalue weighted by atomic mass is 16.7. The molecule has 53 heavy (non-hydrogen) atoms. The summed E-state index contributed by atoms with van der Waals surface area (Å²) in [5, 5.41) is 15.5. The van der Waals surface area contributed by atoms with E-state index in [0.717, 1.165) is 72.0 Å². The Hall–Kier alpha value is -4.09. The molecule has 2 fully saturated rings. The van der Waals surface area contributed by atoms with Crippen LogP contribution in [-0.2, 0) is 41.7 Å². The van der Waals surface area contributed by atoms with Gasteiger partial charge in [-0.25, -0.2) is 0 Å². The van der Waals surface area contributed by atoms with Gasteiger partial charge >= 0.3 is 5.97 Å². The third kappa shape index (κ3) is 11.7. The second kappa shape index (κ2) is 18.8. The summed E-state index contributed by atoms with van der Waals surface area (Å²) in [4.78, 5) is 38.9. The molecule has 3 aromatic carbocycles. The third-order valence-electron chi connectivity index (χ3n) is 9.94. The molecule has 0 aliphatic carbocycles. The summed E-state index contributed by atoms with van der Waals surface area (Å²) in [6.45, 7) is 11.8. The van der Waals surface area contributed by atoms with Gasteiger partial charge in [0.15, 0.2) is 6.29 Å². The first-order valence-corrected chi connectivity index (χ1v) is 19.1. The van der Waals surface area contributed by atoms with Crippen molar-refractivity contribution in [3.8, 4) is 11.1 Å². The molecule has 0 radical (unpaired) electrons. The van der Waals surface area contributed by atoms with Gasteiger partial charge in [0.2, 0.25) is 11.8 Å². The molecule has 0 bridgehead atoms. The summed E-state index contributed by atoms with van der Waals surface area (Å²) in [6.07, 6.45) is 3.49. The predicted molar refractivity (Wildman–Crippen MR) is 204 cm³/mol. The fourth-order valence-electron chi connectivity index (χ4n) is 7.11. The van der Waals surface area contributed by atoms with E-state index in [2.05, 4.69) is 46.7 Å². The smallest absolute Gasteiger partial charge is 0.323 e. The highest BCUT2D eigenvalue weighted by Crippen LogP contribution is 2.43. The average molecular weight is 728 g/mol. The maximum absolute atomic E-state index is 13.2. The van der Waals surface area contributed by atoms with Gasteiger partial charge in [-0.3, -0.25) is 19.3 Å². The van der Waals surface area contributed by atoms with Crippen LogP contribution in [0.2, 0.25) is 0 Å². The van der Waals surface area contributed by atoms with Crippen LogP contribution in [0.4, 0.5) is 0 Å². The van der Waals surface area contributed by atoms with Crippen molar-refractivity contribution in [2.24, 2.45) is 5.92 Å². The summed E-state index contributed by atoms with van der Waals surface area (Å²) in [5.74, 6) is -0.230. The van der Waals surface area contributed by atoms with E-state index < -0.39 is 11.9 Å². The van der Waals surface area contributed by atoms with E-state index in [0.29, 0.717) is 26.1 Å². The number of ether oxygens (including phenoxy) is 3. The van der Waals surface area contributed by atoms with E-state index >= 15 is 0 Å². The Morgan fingerprint density at radius 3 is 2.34 bits per heavy atom. The largest absolute Gasteiger partial charge is 0.459 e. The highest BCUT2D eigenvalue weighted by molar-refractivity contribution is 5.77. The van der Waals surface area contributed by atoms with Crippen LogP contribution in [0.5, 0.6) is 0 Å². The number of hydrogen-bond donors (Lipinski definition) is 3. The molecule has 3 N–H and O–H groups in total. The predicted octanol–water partition coefficient (Wildman–Crippen LogP) is 6.76. The van der Waals surface area contributed by atoms with Crippen molar-refractivity contribution in [2.75, 3.05) is 19.6 Å². The molecule has 2 aliphatic heterocycles. The summed E-state index contributed by atoms with van der Waals surface area (Å²) >= 11 is 0. The fourth-order valence-corrected chi connectivity index (χ4v) is 7.11. The van der Waals surface area contributed by atoms with Gasteiger partial charge in [0.1, 0.15) is 11.6 Å². The zero-order chi connectivity index (χ0) is 38.0. The maximum Gasteiger partial charge on any atom is 0.323 e. The Balaban J connectivity index is 1.29. The van der Waals surface area contributed by atoms with E-state index in [4.69, 9.17) is 14.2 Å². The van der Waals surface area contributed by atoms with Gasteiger partial charge in [0.05, 0.1) is 18.8 Å². The monoisotopic (exact) mass is 727 g/mol. The zero-order valence-corrected chi connectivity index (χ0v) is 31.9. The molecule has 0 unspecified atom stereocenters. The molecular weight excluding hydrogens is 670 g/mol. The minimum atomic E-state index is -0.651. The molecule has 10 nitrogen and oxygen atoms in total. The first-order valence-electron chi connectivity index (χ1n) is 19.1. The lowest BCUT2D eigenvalue weighted by atomic mass is 9.89. The van der Waals surface area contributed by atoms with E-state index in [1.54, 1.807) is 0 Å². The van der Waals surface area contributed by atoms with Gasteiger partial charge in [0.25, 0.3) is 0 Å². The van der Waals surface area contributed by atoms with Crippen molar-refractivity contribution in [1.82, 2.24) is 15.5 Å². The number of nitrogens with one attached hydrogen (secondary N) is 2. The number of amides is 2. The number of hydrogen-bond acceptors (Lipinski definition) is 8. The first kappa shape index (κ1) is 40.1. The molecule has 5 atom stereocenters. The van der Waals surface area contributed by atoms with Crippen molar-refractivity contribution in [2.45, 2.75) is 116 Å². The Labute approximate surface area is 314 Å². The number of benzene rings is 3. The van der Waals surface area contributed by atoms with Crippen LogP contribution in [-0.4, -0.2) is 65.2 Å². The lowest BCUT2D eigenvalue weighted by Gasteiger charge is -2.43. The van der Waals surface area contributed by atoms with Crippen LogP contribution in [0.25, 0.3) is 11.1 Å². The quantitative estimate of drug-likeness (QED) is 0.116. The normalized spacial score (nSPS) is 22.0. The molecule has 0 spiro atoms. The Bertz CT molecular complexity index is 1670. The van der Waals surface area contributed by atoms with Crippen molar-refractivity contribution in [3.05, 3.63) is 95.1 Å². The third-order valence-corrected chi connectivity index (χ3v) is 9.94. The summed E-state index contributed by atoms with van der Waals surface area (Å²) in [6, 6.07) is 23.9. The minimum Gasteiger partial charge on any atom is -0.459 e. The van der Waals surface area contributed by atoms with Gasteiger partial charge in [-0.1, -0.05) is 74.0 Å². The molecule has 3 aromatic rings. The van der Waals surface area contributed by atoms with Crippen LogP contribution < -0.4 is 10.6 Å². The van der Waals surface area contributed by atoms with E-state index in [-0.39, 0.29) is 48.6 Å². The van der Waals surface area contributed by atoms with Crippen molar-refractivity contribution < 1.29 is 33.7 Å². The Morgan fingerprint density at radius 1 is 0.887 bits per heavy atom. The van der Waals surface area contributed by atoms with Gasteiger partial charge < -0.3 is 30.0 Å². The van der Waals surface area contributed by atoms with Crippen molar-refractivity contribution >= 4 is 17.8 Å². The standard InChI is InChI=1S/C43H57N3O7/c1-29-38(27-46-23-11-16-37(46)41(50)53-43(3,4)5)51-42(52-40(29)33-20-18-31(28-47)19-21-33)36-15-10-14-35(25-36)34-13-9-12-32(24-34)26-45-39(49)17-7-6-8-22-44-30(2)48/h9-10,12-15,18-21,24-25,29,37-38,40,42,47H,6-8,11,16-17,22-23,26-28H2,1-5H3,(H,44,48)(H,45,49)/t29-,37+,38+,40+,42+/m1/s1. The minimum absolute atomic E-state index is 0.0132. The molecule has 286 valence electrons. The summed E-state index contributed by atoms with van der Waals surface area (Å²) < 4.78 is 19.4. The van der Waals surface area contributed by atoms with Crippen molar-refractivity contribution in [3.63, 3.8) is 0 Å². The van der Waals surface area contributed by atoms with E-state index in [9.17, 15) is 19.5 Å². The Kier molecular flexibility index (Phi) is 14.2. The van der Waals surface area contributed by atoms with Crippen LogP contribution in [0.3, 0.4) is 0 Å². The molecule has 5 rings (SSSR count). The molecule has 2 saturated heterocycles. The second-order valence-electron chi connectivity index (χ2n) is 15.4. The topological polar surface area (TPSA) is 126 Å². The van der Waals surface area contributed by atoms with Crippen LogP contribution in [0.15, 0.2) is 72.8 Å². The highest BCUT2D eigenvalue weighted by Gasteiger charge is 2.42. The van der Waals surface area contributed by atoms with Crippen molar-refractivity contribution in [1.29, 1.82) is 0 Å². The van der Waals surface area contributed by atoms with Gasteiger partial charge in [-0.05, 0) is 92.9 Å². The number of nitrogens with zero attached hydrogens (tertiary/aromatic N) is 1. The lowest BCUT2D eigenvalue weighted by molar-refractivity contribution is -0.276. The van der Waals surface area contributed by atoms with Gasteiger partial charge in [0, 0.05) is 44.5 Å². The number of esters is 1. The molecule has 2 aliphatic rings. The molecule has 2 heterocycles. The molecule has 10 heteroatoms. The Morgan fingerprint density at radius 2 is 1.62 bits per heavy atom. The number of aliphatic hydroxyl groups is 1. The first-order chi connectivity index (χ1) is 25.4. The van der Waals surface area contributed by atoms with E-state index in [1.165, 1.54) is 6.92 Å². The maximum atomic E-state index is 13.2. The number of carbonyl (C=O) groups excluding carboxylic acids is 3. The van der Waals surface area contributed by atoms with Crippen LogP contribution >= 0.6 is 0 Å². The van der Waals surface area contributed by atoms with Crippen LogP contribution in [0.1, 0.15) is 108 Å². The van der Waals surface area contributed by atoms with Gasteiger partial charge in [-0.15, -0.1) is 0 Å². The SMILES string of the molecule is CC(=O)NCCCCCC(=O)NCc1cccc(-c2cccc([C@H]3O[C@@H](CN4CCC[C@H]4C(=O)OC(C)(C)C)[C@@H](C)[C@@H](c4ccc(CO)cc4)O3)c2)c1. The fraction of sp³-hybridized carbons (Fsp3) is 0.512. The lowest BCUT2D eigenvalue weighted by Crippen LogP contribution is -2.48. The number of carbonyl (C=O) groups is 3. The number of likely N-dealkylation sites (tertiary alicyclic amines) is 1. The summed E-state index contributed by atoms with van der Waals surface area (Å²) in [7, 11) is 0. The molecular formula is C43H57N3O7. The van der Waals surface area contributed by atoms with E-state index in [1.807, 2.05) is 69.3 Å². The number of aliphatic hydroxyl groups excluding tert-OH is 1. The summed E-state index contributed by atoms with van der Waals surface area (Å²) in [5.41, 5.74) is 5.20. The molecule has 0 saturated carbocycles. The molecule has 2 amide bonds. The van der Waals surface area contributed by atoms with Crippen LogP contribution in [0, 0.1) is 5.92 Å². The average Bonchev–Trinajstić information content (AvgIpc) is 3.61. The van der Waals surface area contributed by atoms with Gasteiger partial charge in [-0.2, -0.15) is 0 Å². The number of unbranched alkanes of at least 4 members (excludes halogenated alkanes) is 2. The zero-order valence-electron chi connectivity index (χ0n) is 31.9. The number of rotatable bonds is 15. The second-order valence-corrected chi connectivity index (χ2v) is 15.4. The molecule has 0 aromatic heterocycles.